The highest BCUT2D eigenvalue weighted by molar-refractivity contribution is 5.89. The molecule has 0 aromatic carbocycles. The fourth-order valence-corrected chi connectivity index (χ4v) is 2.20. The molecule has 2 amide bonds. The summed E-state index contributed by atoms with van der Waals surface area (Å²) in [5.41, 5.74) is 4.30. The zero-order valence-electron chi connectivity index (χ0n) is 13.2. The van der Waals surface area contributed by atoms with Crippen molar-refractivity contribution in [2.24, 2.45) is 5.73 Å². The standard InChI is InChI=1S/C14H27N3O3/c1-13(2,3)20-12(19)16-14(4,5)11(18)17-8-6-7-10(15)9-17/h10H,6-9,15H2,1-5H3,(H,16,19)/t10-/m0/s1. The van der Waals surface area contributed by atoms with Gasteiger partial charge in [-0.2, -0.15) is 0 Å². The van der Waals surface area contributed by atoms with Crippen molar-refractivity contribution in [3.8, 4) is 0 Å². The highest BCUT2D eigenvalue weighted by atomic mass is 16.6. The molecule has 1 fully saturated rings. The predicted molar refractivity (Wildman–Crippen MR) is 77.2 cm³/mol. The van der Waals surface area contributed by atoms with Crippen LogP contribution < -0.4 is 11.1 Å². The van der Waals surface area contributed by atoms with E-state index in [1.165, 1.54) is 0 Å². The second-order valence-electron chi connectivity index (χ2n) is 6.91. The Hall–Kier alpha value is -1.30. The van der Waals surface area contributed by atoms with Crippen LogP contribution in [0.5, 0.6) is 0 Å². The third kappa shape index (κ3) is 5.00. The summed E-state index contributed by atoms with van der Waals surface area (Å²) >= 11 is 0. The van der Waals surface area contributed by atoms with Gasteiger partial charge in [0.05, 0.1) is 0 Å². The van der Waals surface area contributed by atoms with E-state index in [2.05, 4.69) is 5.32 Å². The Morgan fingerprint density at radius 1 is 1.25 bits per heavy atom. The smallest absolute Gasteiger partial charge is 0.408 e. The monoisotopic (exact) mass is 285 g/mol. The molecule has 0 saturated carbocycles. The normalized spacial score (nSPS) is 20.5. The van der Waals surface area contributed by atoms with E-state index in [1.807, 2.05) is 0 Å². The minimum absolute atomic E-state index is 0.0185. The number of nitrogens with two attached hydrogens (primary N) is 1. The van der Waals surface area contributed by atoms with Gasteiger partial charge in [0.15, 0.2) is 0 Å². The Morgan fingerprint density at radius 2 is 1.85 bits per heavy atom. The van der Waals surface area contributed by atoms with Gasteiger partial charge in [-0.05, 0) is 47.5 Å². The lowest BCUT2D eigenvalue weighted by molar-refractivity contribution is -0.138. The average molecular weight is 285 g/mol. The van der Waals surface area contributed by atoms with E-state index in [0.717, 1.165) is 12.8 Å². The van der Waals surface area contributed by atoms with Gasteiger partial charge in [0.1, 0.15) is 11.1 Å². The molecule has 1 saturated heterocycles. The van der Waals surface area contributed by atoms with E-state index in [1.54, 1.807) is 39.5 Å². The van der Waals surface area contributed by atoms with Gasteiger partial charge < -0.3 is 20.7 Å². The quantitative estimate of drug-likeness (QED) is 0.799. The molecule has 1 heterocycles. The molecule has 1 aliphatic rings. The van der Waals surface area contributed by atoms with Crippen molar-refractivity contribution in [3.05, 3.63) is 0 Å². The van der Waals surface area contributed by atoms with E-state index in [4.69, 9.17) is 10.5 Å². The van der Waals surface area contributed by atoms with Gasteiger partial charge in [0.2, 0.25) is 5.91 Å². The summed E-state index contributed by atoms with van der Waals surface area (Å²) in [6.07, 6.45) is 1.25. The van der Waals surface area contributed by atoms with Crippen molar-refractivity contribution in [3.63, 3.8) is 0 Å². The van der Waals surface area contributed by atoms with Crippen LogP contribution in [0.4, 0.5) is 4.79 Å². The molecule has 0 radical (unpaired) electrons. The van der Waals surface area contributed by atoms with E-state index in [0.29, 0.717) is 13.1 Å². The molecule has 20 heavy (non-hydrogen) atoms. The number of hydrogen-bond donors (Lipinski definition) is 2. The third-order valence-electron chi connectivity index (χ3n) is 3.09. The van der Waals surface area contributed by atoms with Gasteiger partial charge >= 0.3 is 6.09 Å². The molecule has 3 N–H and O–H groups in total. The Balaban J connectivity index is 2.62. The maximum atomic E-state index is 12.5. The zero-order valence-corrected chi connectivity index (χ0v) is 13.2. The number of amides is 2. The van der Waals surface area contributed by atoms with Crippen molar-refractivity contribution in [2.75, 3.05) is 13.1 Å². The lowest BCUT2D eigenvalue weighted by Gasteiger charge is -2.37. The van der Waals surface area contributed by atoms with Crippen LogP contribution in [0.2, 0.25) is 0 Å². The van der Waals surface area contributed by atoms with Gasteiger partial charge in [0, 0.05) is 19.1 Å². The lowest BCUT2D eigenvalue weighted by atomic mass is 10.00. The van der Waals surface area contributed by atoms with Crippen molar-refractivity contribution < 1.29 is 14.3 Å². The summed E-state index contributed by atoms with van der Waals surface area (Å²) in [5, 5.41) is 2.63. The number of likely N-dealkylation sites (tertiary alicyclic amines) is 1. The molecule has 1 rings (SSSR count). The fourth-order valence-electron chi connectivity index (χ4n) is 2.20. The molecular formula is C14H27N3O3. The van der Waals surface area contributed by atoms with Crippen LogP contribution in [0.1, 0.15) is 47.5 Å². The average Bonchev–Trinajstić information content (AvgIpc) is 2.24. The van der Waals surface area contributed by atoms with Crippen LogP contribution in [-0.4, -0.2) is 47.2 Å². The number of alkyl carbamates (subject to hydrolysis) is 1. The van der Waals surface area contributed by atoms with Crippen LogP contribution in [0.3, 0.4) is 0 Å². The molecule has 1 aliphatic heterocycles. The summed E-state index contributed by atoms with van der Waals surface area (Å²) < 4.78 is 5.19. The zero-order chi connectivity index (χ0) is 15.6. The number of carbonyl (C=O) groups excluding carboxylic acids is 2. The number of nitrogens with one attached hydrogen (secondary N) is 1. The van der Waals surface area contributed by atoms with Crippen LogP contribution in [0.25, 0.3) is 0 Å². The van der Waals surface area contributed by atoms with E-state index in [9.17, 15) is 9.59 Å². The SMILES string of the molecule is CC(C)(C)OC(=O)NC(C)(C)C(=O)N1CCC[C@H](N)C1. The highest BCUT2D eigenvalue weighted by Gasteiger charge is 2.36. The van der Waals surface area contributed by atoms with Gasteiger partial charge in [-0.15, -0.1) is 0 Å². The molecule has 0 unspecified atom stereocenters. The fraction of sp³-hybridized carbons (Fsp3) is 0.857. The van der Waals surface area contributed by atoms with Gasteiger partial charge in [-0.1, -0.05) is 0 Å². The van der Waals surface area contributed by atoms with Crippen molar-refractivity contribution in [1.82, 2.24) is 10.2 Å². The number of piperidine rings is 1. The first-order valence-corrected chi connectivity index (χ1v) is 7.07. The Labute approximate surface area is 121 Å². The largest absolute Gasteiger partial charge is 0.444 e. The maximum Gasteiger partial charge on any atom is 0.408 e. The summed E-state index contributed by atoms with van der Waals surface area (Å²) in [7, 11) is 0. The summed E-state index contributed by atoms with van der Waals surface area (Å²) in [5.74, 6) is -0.126. The predicted octanol–water partition coefficient (Wildman–Crippen LogP) is 1.24. The number of carbonyl (C=O) groups is 2. The Kier molecular flexibility index (Phi) is 5.02. The highest BCUT2D eigenvalue weighted by Crippen LogP contribution is 2.16. The minimum atomic E-state index is -1.00. The second kappa shape index (κ2) is 5.99. The third-order valence-corrected chi connectivity index (χ3v) is 3.09. The first-order chi connectivity index (χ1) is 9.01. The molecule has 0 aromatic rings. The molecule has 6 heteroatoms. The molecule has 0 aliphatic carbocycles. The molecule has 0 spiro atoms. The summed E-state index contributed by atoms with van der Waals surface area (Å²) in [4.78, 5) is 26.0. The number of nitrogens with zero attached hydrogens (tertiary/aromatic N) is 1. The molecule has 1 atom stereocenters. The first kappa shape index (κ1) is 16.8. The van der Waals surface area contributed by atoms with Crippen LogP contribution in [0, 0.1) is 0 Å². The minimum Gasteiger partial charge on any atom is -0.444 e. The second-order valence-corrected chi connectivity index (χ2v) is 6.91. The number of ether oxygens (including phenoxy) is 1. The number of rotatable bonds is 2. The van der Waals surface area contributed by atoms with E-state index >= 15 is 0 Å². The Bertz CT molecular complexity index is 374. The molecule has 0 aromatic heterocycles. The maximum absolute atomic E-state index is 12.5. The molecule has 6 nitrogen and oxygen atoms in total. The van der Waals surface area contributed by atoms with E-state index < -0.39 is 17.2 Å². The number of hydrogen-bond acceptors (Lipinski definition) is 4. The van der Waals surface area contributed by atoms with Crippen LogP contribution in [-0.2, 0) is 9.53 Å². The van der Waals surface area contributed by atoms with Crippen molar-refractivity contribution >= 4 is 12.0 Å². The first-order valence-electron chi connectivity index (χ1n) is 7.07. The van der Waals surface area contributed by atoms with Crippen molar-refractivity contribution in [2.45, 2.75) is 64.6 Å². The van der Waals surface area contributed by atoms with E-state index in [-0.39, 0.29) is 11.9 Å². The van der Waals surface area contributed by atoms with Crippen LogP contribution >= 0.6 is 0 Å². The molecular weight excluding hydrogens is 258 g/mol. The van der Waals surface area contributed by atoms with Gasteiger partial charge in [-0.3, -0.25) is 4.79 Å². The summed E-state index contributed by atoms with van der Waals surface area (Å²) in [6.45, 7) is 9.93. The Morgan fingerprint density at radius 3 is 2.35 bits per heavy atom. The van der Waals surface area contributed by atoms with Crippen LogP contribution in [0.15, 0.2) is 0 Å². The molecule has 116 valence electrons. The summed E-state index contributed by atoms with van der Waals surface area (Å²) in [6, 6.07) is 0.0185. The van der Waals surface area contributed by atoms with Gasteiger partial charge in [0.25, 0.3) is 0 Å². The lowest BCUT2D eigenvalue weighted by Crippen LogP contribution is -2.59. The topological polar surface area (TPSA) is 84.7 Å². The molecule has 0 bridgehead atoms. The van der Waals surface area contributed by atoms with Gasteiger partial charge in [-0.25, -0.2) is 4.79 Å². The van der Waals surface area contributed by atoms with Crippen molar-refractivity contribution in [1.29, 1.82) is 0 Å².